The SMILES string of the molecule is CC1CCCC(Nc2nc(C(C)C)no2)C1. The van der Waals surface area contributed by atoms with Crippen LogP contribution in [-0.4, -0.2) is 16.2 Å². The number of rotatable bonds is 3. The Morgan fingerprint density at radius 3 is 2.81 bits per heavy atom. The molecule has 0 bridgehead atoms. The number of hydrogen-bond acceptors (Lipinski definition) is 4. The van der Waals surface area contributed by atoms with Crippen LogP contribution >= 0.6 is 0 Å². The molecule has 4 heteroatoms. The number of aromatic nitrogens is 2. The van der Waals surface area contributed by atoms with Crippen LogP contribution in [0.2, 0.25) is 0 Å². The van der Waals surface area contributed by atoms with E-state index in [1.54, 1.807) is 0 Å². The summed E-state index contributed by atoms with van der Waals surface area (Å²) < 4.78 is 5.19. The molecule has 2 unspecified atom stereocenters. The van der Waals surface area contributed by atoms with Crippen LogP contribution in [0.25, 0.3) is 0 Å². The highest BCUT2D eigenvalue weighted by Crippen LogP contribution is 2.26. The van der Waals surface area contributed by atoms with Crippen LogP contribution in [0.4, 0.5) is 6.01 Å². The zero-order valence-electron chi connectivity index (χ0n) is 10.4. The number of nitrogens with zero attached hydrogens (tertiary/aromatic N) is 2. The van der Waals surface area contributed by atoms with E-state index in [1.807, 2.05) is 0 Å². The summed E-state index contributed by atoms with van der Waals surface area (Å²) in [6.45, 7) is 6.44. The molecule has 0 saturated heterocycles. The Hall–Kier alpha value is -1.06. The van der Waals surface area contributed by atoms with Crippen molar-refractivity contribution in [2.24, 2.45) is 5.92 Å². The van der Waals surface area contributed by atoms with Gasteiger partial charge in [-0.1, -0.05) is 38.8 Å². The van der Waals surface area contributed by atoms with Gasteiger partial charge in [-0.25, -0.2) is 0 Å². The molecule has 16 heavy (non-hydrogen) atoms. The lowest BCUT2D eigenvalue weighted by Crippen LogP contribution is -2.26. The van der Waals surface area contributed by atoms with Crippen LogP contribution < -0.4 is 5.32 Å². The smallest absolute Gasteiger partial charge is 0.321 e. The van der Waals surface area contributed by atoms with Crippen molar-refractivity contribution in [3.05, 3.63) is 5.82 Å². The molecule has 0 spiro atoms. The van der Waals surface area contributed by atoms with Gasteiger partial charge in [-0.2, -0.15) is 4.98 Å². The first kappa shape index (κ1) is 11.4. The molecule has 0 radical (unpaired) electrons. The Morgan fingerprint density at radius 1 is 1.38 bits per heavy atom. The van der Waals surface area contributed by atoms with Crippen LogP contribution in [0.1, 0.15) is 58.2 Å². The first-order valence-electron chi connectivity index (χ1n) is 6.25. The molecule has 1 aromatic rings. The second-order valence-corrected chi connectivity index (χ2v) is 5.23. The molecule has 1 fully saturated rings. The van der Waals surface area contributed by atoms with E-state index in [0.717, 1.165) is 11.7 Å². The van der Waals surface area contributed by atoms with Gasteiger partial charge in [0.05, 0.1) is 0 Å². The molecule has 0 amide bonds. The maximum atomic E-state index is 5.19. The standard InChI is InChI=1S/C12H21N3O/c1-8(2)11-14-12(16-15-11)13-10-6-4-5-9(3)7-10/h8-10H,4-7H2,1-3H3,(H,13,14,15). The molecule has 4 nitrogen and oxygen atoms in total. The van der Waals surface area contributed by atoms with Crippen LogP contribution in [0.3, 0.4) is 0 Å². The number of anilines is 1. The van der Waals surface area contributed by atoms with Gasteiger partial charge in [0, 0.05) is 12.0 Å². The Kier molecular flexibility index (Phi) is 3.46. The van der Waals surface area contributed by atoms with Gasteiger partial charge in [-0.3, -0.25) is 0 Å². The van der Waals surface area contributed by atoms with E-state index in [1.165, 1.54) is 25.7 Å². The molecule has 2 rings (SSSR count). The maximum absolute atomic E-state index is 5.19. The highest BCUT2D eigenvalue weighted by molar-refractivity contribution is 5.21. The predicted molar refractivity (Wildman–Crippen MR) is 63.4 cm³/mol. The summed E-state index contributed by atoms with van der Waals surface area (Å²) in [6, 6.07) is 1.09. The van der Waals surface area contributed by atoms with E-state index in [0.29, 0.717) is 18.0 Å². The largest absolute Gasteiger partial charge is 0.335 e. The molecule has 90 valence electrons. The quantitative estimate of drug-likeness (QED) is 0.855. The molecule has 1 aromatic heterocycles. The van der Waals surface area contributed by atoms with Crippen LogP contribution in [0.15, 0.2) is 4.52 Å². The number of nitrogens with one attached hydrogen (secondary N) is 1. The lowest BCUT2D eigenvalue weighted by atomic mass is 9.87. The molecule has 1 saturated carbocycles. The van der Waals surface area contributed by atoms with Crippen LogP contribution in [-0.2, 0) is 0 Å². The summed E-state index contributed by atoms with van der Waals surface area (Å²) in [5.74, 6) is 1.91. The molecule has 1 N–H and O–H groups in total. The summed E-state index contributed by atoms with van der Waals surface area (Å²) in [4.78, 5) is 4.34. The zero-order valence-corrected chi connectivity index (χ0v) is 10.4. The van der Waals surface area contributed by atoms with Crippen molar-refractivity contribution in [2.45, 2.75) is 58.4 Å². The third kappa shape index (κ3) is 2.74. The normalized spacial score (nSPS) is 26.0. The maximum Gasteiger partial charge on any atom is 0.321 e. The van der Waals surface area contributed by atoms with Gasteiger partial charge < -0.3 is 9.84 Å². The molecule has 1 heterocycles. The fourth-order valence-corrected chi connectivity index (χ4v) is 2.27. The number of hydrogen-bond donors (Lipinski definition) is 1. The average molecular weight is 223 g/mol. The van der Waals surface area contributed by atoms with Crippen molar-refractivity contribution in [3.63, 3.8) is 0 Å². The average Bonchev–Trinajstić information content (AvgIpc) is 2.66. The Bertz CT molecular complexity index is 335. The molecule has 0 aliphatic heterocycles. The molecule has 1 aliphatic carbocycles. The Balaban J connectivity index is 1.92. The van der Waals surface area contributed by atoms with Crippen molar-refractivity contribution in [3.8, 4) is 0 Å². The van der Waals surface area contributed by atoms with E-state index in [9.17, 15) is 0 Å². The first-order valence-corrected chi connectivity index (χ1v) is 6.25. The second kappa shape index (κ2) is 4.85. The summed E-state index contributed by atoms with van der Waals surface area (Å²) in [6.07, 6.45) is 5.06. The zero-order chi connectivity index (χ0) is 11.5. The third-order valence-electron chi connectivity index (χ3n) is 3.22. The fourth-order valence-electron chi connectivity index (χ4n) is 2.27. The summed E-state index contributed by atoms with van der Waals surface area (Å²) in [5, 5.41) is 7.30. The van der Waals surface area contributed by atoms with Gasteiger partial charge in [-0.05, 0) is 18.8 Å². The van der Waals surface area contributed by atoms with Crippen molar-refractivity contribution in [1.29, 1.82) is 0 Å². The monoisotopic (exact) mass is 223 g/mol. The van der Waals surface area contributed by atoms with Crippen molar-refractivity contribution < 1.29 is 4.52 Å². The molecule has 1 aliphatic rings. The van der Waals surface area contributed by atoms with Gasteiger partial charge in [0.25, 0.3) is 0 Å². The van der Waals surface area contributed by atoms with Crippen LogP contribution in [0, 0.1) is 5.92 Å². The molecule has 0 aromatic carbocycles. The van der Waals surface area contributed by atoms with Gasteiger partial charge in [0.1, 0.15) is 0 Å². The minimum absolute atomic E-state index is 0.324. The minimum Gasteiger partial charge on any atom is -0.335 e. The van der Waals surface area contributed by atoms with Gasteiger partial charge >= 0.3 is 6.01 Å². The van der Waals surface area contributed by atoms with Crippen molar-refractivity contribution in [2.75, 3.05) is 5.32 Å². The van der Waals surface area contributed by atoms with E-state index >= 15 is 0 Å². The van der Waals surface area contributed by atoms with Crippen molar-refractivity contribution in [1.82, 2.24) is 10.1 Å². The minimum atomic E-state index is 0.324. The lowest BCUT2D eigenvalue weighted by molar-refractivity contribution is 0.346. The third-order valence-corrected chi connectivity index (χ3v) is 3.22. The Labute approximate surface area is 96.8 Å². The van der Waals surface area contributed by atoms with Crippen molar-refractivity contribution >= 4 is 6.01 Å². The molecular formula is C12H21N3O. The first-order chi connectivity index (χ1) is 7.65. The van der Waals surface area contributed by atoms with E-state index < -0.39 is 0 Å². The molecule has 2 atom stereocenters. The van der Waals surface area contributed by atoms with Crippen LogP contribution in [0.5, 0.6) is 0 Å². The summed E-state index contributed by atoms with van der Waals surface area (Å²) >= 11 is 0. The predicted octanol–water partition coefficient (Wildman–Crippen LogP) is 3.18. The highest BCUT2D eigenvalue weighted by Gasteiger charge is 2.20. The second-order valence-electron chi connectivity index (χ2n) is 5.23. The van der Waals surface area contributed by atoms with Gasteiger partial charge in [-0.15, -0.1) is 0 Å². The van der Waals surface area contributed by atoms with E-state index in [2.05, 4.69) is 36.2 Å². The van der Waals surface area contributed by atoms with Gasteiger partial charge in [0.15, 0.2) is 5.82 Å². The van der Waals surface area contributed by atoms with Gasteiger partial charge in [0.2, 0.25) is 0 Å². The summed E-state index contributed by atoms with van der Waals surface area (Å²) in [5.41, 5.74) is 0. The highest BCUT2D eigenvalue weighted by atomic mass is 16.5. The van der Waals surface area contributed by atoms with E-state index in [4.69, 9.17) is 4.52 Å². The summed E-state index contributed by atoms with van der Waals surface area (Å²) in [7, 11) is 0. The lowest BCUT2D eigenvalue weighted by Gasteiger charge is -2.26. The van der Waals surface area contributed by atoms with E-state index in [-0.39, 0.29) is 0 Å². The Morgan fingerprint density at radius 2 is 2.19 bits per heavy atom. The topological polar surface area (TPSA) is 51.0 Å². The fraction of sp³-hybridized carbons (Fsp3) is 0.833. The molecular weight excluding hydrogens is 202 g/mol.